The van der Waals surface area contributed by atoms with Gasteiger partial charge in [-0.1, -0.05) is 41.9 Å². The quantitative estimate of drug-likeness (QED) is 0.587. The largest absolute Gasteiger partial charge is 0.384 e. The Morgan fingerprint density at radius 1 is 1.19 bits per heavy atom. The number of benzene rings is 2. The summed E-state index contributed by atoms with van der Waals surface area (Å²) in [4.78, 5) is 15.3. The van der Waals surface area contributed by atoms with Gasteiger partial charge in [-0.3, -0.25) is 9.69 Å². The van der Waals surface area contributed by atoms with Gasteiger partial charge in [0, 0.05) is 22.2 Å². The topological polar surface area (TPSA) is 70.1 Å². The van der Waals surface area contributed by atoms with Gasteiger partial charge < -0.3 is 5.73 Å². The number of carbonyl (C=O) groups excluding carboxylic acids is 1. The molecule has 2 aliphatic rings. The fourth-order valence-electron chi connectivity index (χ4n) is 4.64. The molecule has 0 aromatic heterocycles. The molecule has 1 aliphatic heterocycles. The third kappa shape index (κ3) is 3.68. The van der Waals surface area contributed by atoms with Crippen molar-refractivity contribution >= 4 is 27.4 Å². The second kappa shape index (κ2) is 7.65. The zero-order valence-corrected chi connectivity index (χ0v) is 19.3. The first-order chi connectivity index (χ1) is 14.6. The molecule has 1 atom stereocenters. The Labute approximate surface area is 190 Å². The van der Waals surface area contributed by atoms with E-state index in [-0.39, 0.29) is 17.0 Å². The van der Waals surface area contributed by atoms with Crippen LogP contribution in [0.25, 0.3) is 0 Å². The first-order valence-electron chi connectivity index (χ1n) is 10.1. The highest BCUT2D eigenvalue weighted by molar-refractivity contribution is 9.10. The normalized spacial score (nSPS) is 20.6. The summed E-state index contributed by atoms with van der Waals surface area (Å²) in [5.41, 5.74) is 10.6. The molecule has 4 rings (SSSR count). The van der Waals surface area contributed by atoms with Crippen molar-refractivity contribution in [3.63, 3.8) is 0 Å². The molecule has 0 fully saturated rings. The summed E-state index contributed by atoms with van der Waals surface area (Å²) in [5.74, 6) is -0.657. The van der Waals surface area contributed by atoms with Gasteiger partial charge in [0.05, 0.1) is 23.2 Å². The van der Waals surface area contributed by atoms with Crippen LogP contribution in [-0.4, -0.2) is 5.78 Å². The number of allylic oxidation sites excluding steroid dienone is 3. The Morgan fingerprint density at radius 3 is 2.48 bits per heavy atom. The number of ketones is 1. The van der Waals surface area contributed by atoms with Crippen molar-refractivity contribution in [1.29, 1.82) is 5.26 Å². The molecule has 0 unspecified atom stereocenters. The molecule has 0 bridgehead atoms. The molecule has 1 heterocycles. The smallest absolute Gasteiger partial charge is 0.162 e. The highest BCUT2D eigenvalue weighted by atomic mass is 79.9. The lowest BCUT2D eigenvalue weighted by Gasteiger charge is -2.44. The van der Waals surface area contributed by atoms with Crippen LogP contribution in [0.4, 0.5) is 10.1 Å². The molecule has 2 aromatic rings. The number of nitrogens with zero attached hydrogens (tertiary/aromatic N) is 2. The van der Waals surface area contributed by atoms with Gasteiger partial charge in [-0.25, -0.2) is 4.39 Å². The SMILES string of the molecule is Cc1cc(Br)ccc1N1C(N)=C(C#N)[C@@H](c2ccc(F)cc2)C2=C1CC(C)(C)CC2=O. The fourth-order valence-corrected chi connectivity index (χ4v) is 5.12. The van der Waals surface area contributed by atoms with Gasteiger partial charge in [-0.05, 0) is 60.2 Å². The Morgan fingerprint density at radius 2 is 1.87 bits per heavy atom. The van der Waals surface area contributed by atoms with Crippen LogP contribution < -0.4 is 10.6 Å². The van der Waals surface area contributed by atoms with Gasteiger partial charge in [0.1, 0.15) is 11.6 Å². The zero-order chi connectivity index (χ0) is 22.5. The number of Topliss-reactive ketones (excluding diaryl/α,β-unsaturated/α-hetero) is 1. The molecule has 6 heteroatoms. The van der Waals surface area contributed by atoms with E-state index < -0.39 is 5.92 Å². The molecule has 0 amide bonds. The van der Waals surface area contributed by atoms with E-state index in [1.54, 1.807) is 12.1 Å². The van der Waals surface area contributed by atoms with E-state index in [4.69, 9.17) is 5.73 Å². The van der Waals surface area contributed by atoms with E-state index >= 15 is 0 Å². The lowest BCUT2D eigenvalue weighted by atomic mass is 9.68. The monoisotopic (exact) mass is 479 g/mol. The maximum absolute atomic E-state index is 13.6. The van der Waals surface area contributed by atoms with Crippen molar-refractivity contribution in [2.75, 3.05) is 4.90 Å². The number of hydrogen-bond acceptors (Lipinski definition) is 4. The Hall–Kier alpha value is -2.91. The number of aryl methyl sites for hydroxylation is 1. The second-order valence-corrected chi connectivity index (χ2v) is 9.88. The molecular formula is C25H23BrFN3O. The average molecular weight is 480 g/mol. The van der Waals surface area contributed by atoms with Gasteiger partial charge >= 0.3 is 0 Å². The lowest BCUT2D eigenvalue weighted by molar-refractivity contribution is -0.118. The van der Waals surface area contributed by atoms with Crippen LogP contribution in [0.2, 0.25) is 0 Å². The van der Waals surface area contributed by atoms with E-state index in [2.05, 4.69) is 35.8 Å². The predicted octanol–water partition coefficient (Wildman–Crippen LogP) is 5.84. The maximum atomic E-state index is 13.6. The first kappa shape index (κ1) is 21.3. The van der Waals surface area contributed by atoms with E-state index in [1.807, 2.05) is 30.0 Å². The number of nitrogens with two attached hydrogens (primary N) is 1. The number of anilines is 1. The Kier molecular flexibility index (Phi) is 5.26. The van der Waals surface area contributed by atoms with Crippen molar-refractivity contribution in [2.24, 2.45) is 11.1 Å². The van der Waals surface area contributed by atoms with Crippen LogP contribution in [0, 0.1) is 29.5 Å². The molecular weight excluding hydrogens is 457 g/mol. The molecule has 2 aromatic carbocycles. The number of rotatable bonds is 2. The number of nitriles is 1. The van der Waals surface area contributed by atoms with E-state index in [0.717, 1.165) is 21.4 Å². The van der Waals surface area contributed by atoms with Crippen molar-refractivity contribution in [2.45, 2.75) is 39.5 Å². The van der Waals surface area contributed by atoms with Crippen molar-refractivity contribution in [3.05, 3.63) is 86.5 Å². The van der Waals surface area contributed by atoms with Gasteiger partial charge in [0.15, 0.2) is 5.78 Å². The number of hydrogen-bond donors (Lipinski definition) is 1. The predicted molar refractivity (Wildman–Crippen MR) is 122 cm³/mol. The van der Waals surface area contributed by atoms with Crippen LogP contribution in [0.15, 0.2) is 69.6 Å². The molecule has 2 N–H and O–H groups in total. The highest BCUT2D eigenvalue weighted by Crippen LogP contribution is 2.50. The molecule has 31 heavy (non-hydrogen) atoms. The average Bonchev–Trinajstić information content (AvgIpc) is 2.68. The highest BCUT2D eigenvalue weighted by Gasteiger charge is 2.44. The summed E-state index contributed by atoms with van der Waals surface area (Å²) in [6, 6.07) is 14.0. The second-order valence-electron chi connectivity index (χ2n) is 8.96. The van der Waals surface area contributed by atoms with Gasteiger partial charge in [0.25, 0.3) is 0 Å². The lowest BCUT2D eigenvalue weighted by Crippen LogP contribution is -2.42. The molecule has 4 nitrogen and oxygen atoms in total. The maximum Gasteiger partial charge on any atom is 0.162 e. The van der Waals surface area contributed by atoms with Gasteiger partial charge in [0.2, 0.25) is 0 Å². The minimum atomic E-state index is -0.601. The van der Waals surface area contributed by atoms with Crippen LogP contribution in [-0.2, 0) is 4.79 Å². The fraction of sp³-hybridized carbons (Fsp3) is 0.280. The molecule has 158 valence electrons. The summed E-state index contributed by atoms with van der Waals surface area (Å²) in [7, 11) is 0. The minimum absolute atomic E-state index is 0.000546. The molecule has 0 saturated carbocycles. The van der Waals surface area contributed by atoms with Crippen LogP contribution in [0.1, 0.15) is 43.7 Å². The summed E-state index contributed by atoms with van der Waals surface area (Å²) < 4.78 is 14.5. The van der Waals surface area contributed by atoms with Crippen molar-refractivity contribution in [1.82, 2.24) is 0 Å². The van der Waals surface area contributed by atoms with Crippen LogP contribution in [0.3, 0.4) is 0 Å². The summed E-state index contributed by atoms with van der Waals surface area (Å²) in [6.07, 6.45) is 1.02. The third-order valence-corrected chi connectivity index (χ3v) is 6.48. The first-order valence-corrected chi connectivity index (χ1v) is 10.9. The Bertz CT molecular complexity index is 1190. The van der Waals surface area contributed by atoms with Crippen LogP contribution in [0.5, 0.6) is 0 Å². The summed E-state index contributed by atoms with van der Waals surface area (Å²) >= 11 is 3.49. The minimum Gasteiger partial charge on any atom is -0.384 e. The van der Waals surface area contributed by atoms with E-state index in [0.29, 0.717) is 35.4 Å². The van der Waals surface area contributed by atoms with Crippen molar-refractivity contribution in [3.8, 4) is 6.07 Å². The zero-order valence-electron chi connectivity index (χ0n) is 17.7. The summed E-state index contributed by atoms with van der Waals surface area (Å²) in [6.45, 7) is 6.10. The molecule has 0 saturated heterocycles. The van der Waals surface area contributed by atoms with E-state index in [1.165, 1.54) is 12.1 Å². The Balaban J connectivity index is 2.01. The summed E-state index contributed by atoms with van der Waals surface area (Å²) in [5, 5.41) is 10.1. The molecule has 0 spiro atoms. The van der Waals surface area contributed by atoms with Gasteiger partial charge in [-0.15, -0.1) is 0 Å². The van der Waals surface area contributed by atoms with Crippen molar-refractivity contribution < 1.29 is 9.18 Å². The van der Waals surface area contributed by atoms with E-state index in [9.17, 15) is 14.4 Å². The third-order valence-electron chi connectivity index (χ3n) is 5.98. The van der Waals surface area contributed by atoms with Crippen LogP contribution >= 0.6 is 15.9 Å². The standard InChI is InChI=1S/C25H23BrFN3O/c1-14-10-16(26)6-9-19(14)30-20-11-25(2,3)12-21(31)23(20)22(18(13-28)24(30)29)15-4-7-17(27)8-5-15/h4-10,22H,11-12,29H2,1-3H3/t22-/m1/s1. The number of carbonyl (C=O) groups is 1. The molecule has 1 aliphatic carbocycles. The van der Waals surface area contributed by atoms with Gasteiger partial charge in [-0.2, -0.15) is 5.26 Å². The number of halogens is 2. The molecule has 0 radical (unpaired) electrons.